The zero-order chi connectivity index (χ0) is 14.3. The summed E-state index contributed by atoms with van der Waals surface area (Å²) in [6.45, 7) is 1.72. The van der Waals surface area contributed by atoms with Crippen LogP contribution in [0.15, 0.2) is 27.8 Å². The van der Waals surface area contributed by atoms with Gasteiger partial charge in [0.15, 0.2) is 0 Å². The number of aromatic nitrogens is 1. The van der Waals surface area contributed by atoms with E-state index in [1.54, 1.807) is 31.9 Å². The van der Waals surface area contributed by atoms with Crippen molar-refractivity contribution in [3.63, 3.8) is 0 Å². The molecule has 1 atom stereocenters. The van der Waals surface area contributed by atoms with E-state index in [-0.39, 0.29) is 0 Å². The molecular weight excluding hydrogens is 328 g/mol. The zero-order valence-corrected chi connectivity index (χ0v) is 13.6. The number of hydrogen-bond acceptors (Lipinski definition) is 4. The number of carboxylic acid groups (broad SMARTS) is 1. The third-order valence-electron chi connectivity index (χ3n) is 3.06. The molecule has 0 aliphatic carbocycles. The molecule has 1 unspecified atom stereocenters. The number of carboxylic acids is 1. The lowest BCUT2D eigenvalue weighted by atomic mass is 9.95. The molecule has 1 aromatic rings. The lowest BCUT2D eigenvalue weighted by Crippen LogP contribution is -2.47. The predicted octanol–water partition coefficient (Wildman–Crippen LogP) is 3.17. The van der Waals surface area contributed by atoms with Gasteiger partial charge in [0.05, 0.1) is 0 Å². The lowest BCUT2D eigenvalue weighted by molar-refractivity contribution is -0.144. The topological polar surface area (TPSA) is 62.2 Å². The number of hydrogen-bond donors (Lipinski definition) is 2. The zero-order valence-electron chi connectivity index (χ0n) is 11.1. The molecule has 2 N–H and O–H groups in total. The minimum Gasteiger partial charge on any atom is -0.480 e. The van der Waals surface area contributed by atoms with Gasteiger partial charge in [-0.1, -0.05) is 6.42 Å². The van der Waals surface area contributed by atoms with Crippen molar-refractivity contribution >= 4 is 33.7 Å². The van der Waals surface area contributed by atoms with Crippen molar-refractivity contribution in [3.8, 4) is 0 Å². The monoisotopic (exact) mass is 346 g/mol. The van der Waals surface area contributed by atoms with Gasteiger partial charge in [0.2, 0.25) is 0 Å². The van der Waals surface area contributed by atoms with E-state index in [1.165, 1.54) is 0 Å². The van der Waals surface area contributed by atoms with Crippen LogP contribution in [0.2, 0.25) is 0 Å². The van der Waals surface area contributed by atoms with E-state index >= 15 is 0 Å². The van der Waals surface area contributed by atoms with Crippen LogP contribution in [0.1, 0.15) is 26.2 Å². The molecule has 19 heavy (non-hydrogen) atoms. The molecular formula is C13H19BrN2O2S. The summed E-state index contributed by atoms with van der Waals surface area (Å²) in [7, 11) is 1.69. The third kappa shape index (κ3) is 5.12. The quantitative estimate of drug-likeness (QED) is 0.559. The molecule has 0 spiro atoms. The second kappa shape index (κ2) is 7.87. The number of nitrogens with one attached hydrogen (secondary N) is 1. The van der Waals surface area contributed by atoms with Crippen LogP contribution in [0.5, 0.6) is 0 Å². The molecule has 0 aliphatic rings. The van der Waals surface area contributed by atoms with Crippen molar-refractivity contribution in [1.82, 2.24) is 10.3 Å². The van der Waals surface area contributed by atoms with Crippen molar-refractivity contribution in [3.05, 3.63) is 22.8 Å². The Morgan fingerprint density at radius 1 is 1.58 bits per heavy atom. The van der Waals surface area contributed by atoms with Gasteiger partial charge >= 0.3 is 5.97 Å². The van der Waals surface area contributed by atoms with Crippen LogP contribution in [-0.4, -0.2) is 34.4 Å². The first-order valence-corrected chi connectivity index (χ1v) is 7.93. The number of unbranched alkanes of at least 4 members (excludes halogenated alkanes) is 1. The summed E-state index contributed by atoms with van der Waals surface area (Å²) in [5.41, 5.74) is -0.823. The van der Waals surface area contributed by atoms with Crippen LogP contribution in [-0.2, 0) is 4.79 Å². The van der Waals surface area contributed by atoms with Crippen LogP contribution >= 0.6 is 27.7 Å². The minimum atomic E-state index is -0.823. The number of thioether (sulfide) groups is 1. The van der Waals surface area contributed by atoms with Crippen molar-refractivity contribution in [2.75, 3.05) is 12.8 Å². The van der Waals surface area contributed by atoms with Gasteiger partial charge in [-0.3, -0.25) is 4.79 Å². The van der Waals surface area contributed by atoms with Crippen LogP contribution in [0.3, 0.4) is 0 Å². The molecule has 6 heteroatoms. The molecule has 0 bridgehead atoms. The van der Waals surface area contributed by atoms with E-state index in [1.807, 2.05) is 12.1 Å². The summed E-state index contributed by atoms with van der Waals surface area (Å²) in [4.78, 5) is 15.4. The number of nitrogens with zero attached hydrogens (tertiary/aromatic N) is 1. The van der Waals surface area contributed by atoms with E-state index in [0.29, 0.717) is 6.42 Å². The average Bonchev–Trinajstić information content (AvgIpc) is 2.39. The third-order valence-corrected chi connectivity index (χ3v) is 5.05. The van der Waals surface area contributed by atoms with Crippen molar-refractivity contribution in [2.24, 2.45) is 0 Å². The molecule has 1 rings (SSSR count). The highest BCUT2D eigenvalue weighted by Crippen LogP contribution is 2.26. The van der Waals surface area contributed by atoms with Crippen LogP contribution in [0, 0.1) is 0 Å². The number of halogens is 1. The fraction of sp³-hybridized carbons (Fsp3) is 0.538. The SMILES string of the molecule is CNC(C)(CCCCSc1ncccc1Br)C(=O)O. The number of likely N-dealkylation sites (N-methyl/N-ethyl adjacent to an activating group) is 1. The Bertz CT molecular complexity index is 431. The summed E-state index contributed by atoms with van der Waals surface area (Å²) in [6, 6.07) is 3.86. The molecule has 0 aromatic carbocycles. The summed E-state index contributed by atoms with van der Waals surface area (Å²) in [5.74, 6) is 0.143. The second-order valence-corrected chi connectivity index (χ2v) is 6.42. The summed E-state index contributed by atoms with van der Waals surface area (Å²) in [6.07, 6.45) is 4.25. The first kappa shape index (κ1) is 16.5. The largest absolute Gasteiger partial charge is 0.480 e. The van der Waals surface area contributed by atoms with E-state index in [0.717, 1.165) is 28.1 Å². The Morgan fingerprint density at radius 3 is 2.89 bits per heavy atom. The Morgan fingerprint density at radius 2 is 2.32 bits per heavy atom. The van der Waals surface area contributed by atoms with E-state index < -0.39 is 11.5 Å². The predicted molar refractivity (Wildman–Crippen MR) is 81.6 cm³/mol. The maximum atomic E-state index is 11.1. The maximum Gasteiger partial charge on any atom is 0.323 e. The number of rotatable bonds is 8. The second-order valence-electron chi connectivity index (χ2n) is 4.48. The Labute approximate surface area is 126 Å². The highest BCUT2D eigenvalue weighted by Gasteiger charge is 2.29. The molecule has 1 aromatic heterocycles. The van der Waals surface area contributed by atoms with Gasteiger partial charge in [-0.25, -0.2) is 4.98 Å². The number of carbonyl (C=O) groups is 1. The van der Waals surface area contributed by atoms with Gasteiger partial charge in [0.25, 0.3) is 0 Å². The first-order valence-electron chi connectivity index (χ1n) is 6.15. The Hall–Kier alpha value is -0.590. The van der Waals surface area contributed by atoms with Crippen molar-refractivity contribution in [2.45, 2.75) is 36.8 Å². The molecule has 1 heterocycles. The molecule has 0 amide bonds. The maximum absolute atomic E-state index is 11.1. The van der Waals surface area contributed by atoms with Gasteiger partial charge in [-0.15, -0.1) is 11.8 Å². The summed E-state index contributed by atoms with van der Waals surface area (Å²) >= 11 is 5.14. The summed E-state index contributed by atoms with van der Waals surface area (Å²) < 4.78 is 1.01. The van der Waals surface area contributed by atoms with Crippen molar-refractivity contribution in [1.29, 1.82) is 0 Å². The van der Waals surface area contributed by atoms with Gasteiger partial charge in [0, 0.05) is 10.7 Å². The van der Waals surface area contributed by atoms with Gasteiger partial charge in [0.1, 0.15) is 10.6 Å². The standard InChI is InChI=1S/C13H19BrN2O2S/c1-13(15-2,12(17)18)7-3-4-9-19-11-10(14)6-5-8-16-11/h5-6,8,15H,3-4,7,9H2,1-2H3,(H,17,18). The average molecular weight is 347 g/mol. The van der Waals surface area contributed by atoms with E-state index in [9.17, 15) is 4.79 Å². The van der Waals surface area contributed by atoms with E-state index in [2.05, 4.69) is 26.2 Å². The molecule has 4 nitrogen and oxygen atoms in total. The highest BCUT2D eigenvalue weighted by molar-refractivity contribution is 9.10. The number of aliphatic carboxylic acids is 1. The normalized spacial score (nSPS) is 14.1. The smallest absolute Gasteiger partial charge is 0.323 e. The van der Waals surface area contributed by atoms with E-state index in [4.69, 9.17) is 5.11 Å². The van der Waals surface area contributed by atoms with Crippen LogP contribution in [0.25, 0.3) is 0 Å². The highest BCUT2D eigenvalue weighted by atomic mass is 79.9. The molecule has 0 aliphatic heterocycles. The fourth-order valence-electron chi connectivity index (χ4n) is 1.57. The van der Waals surface area contributed by atoms with Gasteiger partial charge in [-0.2, -0.15) is 0 Å². The first-order chi connectivity index (χ1) is 8.99. The number of pyridine rings is 1. The molecule has 0 radical (unpaired) electrons. The van der Waals surface area contributed by atoms with Crippen LogP contribution < -0.4 is 5.32 Å². The van der Waals surface area contributed by atoms with Crippen LogP contribution in [0.4, 0.5) is 0 Å². The summed E-state index contributed by atoms with van der Waals surface area (Å²) in [5, 5.41) is 13.0. The fourth-order valence-corrected chi connectivity index (χ4v) is 3.05. The van der Waals surface area contributed by atoms with Gasteiger partial charge in [-0.05, 0) is 60.6 Å². The lowest BCUT2D eigenvalue weighted by Gasteiger charge is -2.23. The van der Waals surface area contributed by atoms with Crippen molar-refractivity contribution < 1.29 is 9.90 Å². The minimum absolute atomic E-state index is 0.628. The molecule has 0 saturated carbocycles. The molecule has 0 fully saturated rings. The molecule has 106 valence electrons. The molecule has 0 saturated heterocycles. The Balaban J connectivity index is 2.29. The van der Waals surface area contributed by atoms with Gasteiger partial charge < -0.3 is 10.4 Å². The Kier molecular flexibility index (Phi) is 6.82.